The first-order chi connectivity index (χ1) is 8.04. The van der Waals surface area contributed by atoms with Crippen molar-refractivity contribution >= 4 is 45.0 Å². The molecule has 0 aromatic heterocycles. The van der Waals surface area contributed by atoms with Gasteiger partial charge in [-0.1, -0.05) is 27.5 Å². The molecule has 17 heavy (non-hydrogen) atoms. The average molecular weight is 341 g/mol. The second-order valence-corrected chi connectivity index (χ2v) is 5.33. The molecule has 0 aliphatic rings. The Morgan fingerprint density at radius 2 is 2.29 bits per heavy atom. The van der Waals surface area contributed by atoms with Crippen LogP contribution < -0.4 is 5.32 Å². The van der Waals surface area contributed by atoms with Crippen molar-refractivity contribution in [1.29, 1.82) is 0 Å². The minimum Gasteiger partial charge on any atom is -0.383 e. The number of benzene rings is 1. The Morgan fingerprint density at radius 3 is 2.94 bits per heavy atom. The molecule has 0 aliphatic carbocycles. The molecule has 1 atom stereocenters. The number of hydrogen-bond acceptors (Lipinski definition) is 2. The summed E-state index contributed by atoms with van der Waals surface area (Å²) in [6.07, 6.45) is 0. The molecule has 0 radical (unpaired) electrons. The molecule has 1 unspecified atom stereocenters. The largest absolute Gasteiger partial charge is 0.383 e. The fourth-order valence-electron chi connectivity index (χ4n) is 1.21. The highest BCUT2D eigenvalue weighted by atomic mass is 79.9. The number of nitrogens with one attached hydrogen (secondary N) is 1. The molecule has 0 aliphatic heterocycles. The maximum absolute atomic E-state index is 11.8. The maximum Gasteiger partial charge on any atom is 0.252 e. The number of amides is 1. The van der Waals surface area contributed by atoms with Crippen molar-refractivity contribution in [3.63, 3.8) is 0 Å². The van der Waals surface area contributed by atoms with E-state index in [-0.39, 0.29) is 11.3 Å². The molecule has 1 aromatic carbocycles. The Kier molecular flexibility index (Phi) is 6.27. The van der Waals surface area contributed by atoms with Gasteiger partial charge in [-0.05, 0) is 18.2 Å². The van der Waals surface area contributed by atoms with Crippen LogP contribution in [-0.4, -0.2) is 31.5 Å². The summed E-state index contributed by atoms with van der Waals surface area (Å²) in [5.74, 6) is -0.252. The van der Waals surface area contributed by atoms with Gasteiger partial charge in [-0.15, -0.1) is 11.6 Å². The van der Waals surface area contributed by atoms with Crippen molar-refractivity contribution in [1.82, 2.24) is 5.32 Å². The highest BCUT2D eigenvalue weighted by Crippen LogP contribution is 2.20. The lowest BCUT2D eigenvalue weighted by molar-refractivity contribution is 0.0949. The molecule has 3 nitrogen and oxygen atoms in total. The van der Waals surface area contributed by atoms with Gasteiger partial charge in [0.15, 0.2) is 0 Å². The zero-order valence-electron chi connectivity index (χ0n) is 9.17. The van der Waals surface area contributed by atoms with E-state index in [0.717, 1.165) is 4.47 Å². The molecule has 0 spiro atoms. The Balaban J connectivity index is 2.61. The minimum atomic E-state index is -0.255. The van der Waals surface area contributed by atoms with Gasteiger partial charge in [0.1, 0.15) is 0 Å². The molecule has 0 fully saturated rings. The van der Waals surface area contributed by atoms with E-state index in [9.17, 15) is 4.79 Å². The molecule has 1 aromatic rings. The predicted octanol–water partition coefficient (Wildman–Crippen LogP) is 3.09. The fourth-order valence-corrected chi connectivity index (χ4v) is 1.98. The molecule has 0 heterocycles. The first-order valence-electron chi connectivity index (χ1n) is 4.91. The smallest absolute Gasteiger partial charge is 0.252 e. The van der Waals surface area contributed by atoms with E-state index >= 15 is 0 Å². The van der Waals surface area contributed by atoms with Crippen LogP contribution >= 0.6 is 39.1 Å². The second-order valence-electron chi connectivity index (χ2n) is 3.39. The molecule has 0 bridgehead atoms. The van der Waals surface area contributed by atoms with Crippen LogP contribution in [0.25, 0.3) is 0 Å². The maximum atomic E-state index is 11.8. The molecule has 6 heteroatoms. The van der Waals surface area contributed by atoms with Crippen LogP contribution in [-0.2, 0) is 4.74 Å². The summed E-state index contributed by atoms with van der Waals surface area (Å²) in [4.78, 5) is 11.8. The van der Waals surface area contributed by atoms with E-state index < -0.39 is 0 Å². The van der Waals surface area contributed by atoms with E-state index in [4.69, 9.17) is 27.9 Å². The SMILES string of the molecule is COCC(Cl)CNC(=O)c1cc(Br)ccc1Cl. The fraction of sp³-hybridized carbons (Fsp3) is 0.364. The topological polar surface area (TPSA) is 38.3 Å². The summed E-state index contributed by atoms with van der Waals surface area (Å²) < 4.78 is 5.67. The zero-order chi connectivity index (χ0) is 12.8. The Morgan fingerprint density at radius 1 is 1.59 bits per heavy atom. The van der Waals surface area contributed by atoms with Gasteiger partial charge in [-0.25, -0.2) is 0 Å². The van der Waals surface area contributed by atoms with Crippen LogP contribution in [0, 0.1) is 0 Å². The first kappa shape index (κ1) is 14.8. The van der Waals surface area contributed by atoms with Crippen molar-refractivity contribution in [3.8, 4) is 0 Å². The standard InChI is InChI=1S/C11H12BrCl2NO2/c1-17-6-8(13)5-15-11(16)9-4-7(12)2-3-10(9)14/h2-4,8H,5-6H2,1H3,(H,15,16). The number of rotatable bonds is 5. The van der Waals surface area contributed by atoms with Crippen molar-refractivity contribution in [2.45, 2.75) is 5.38 Å². The number of ether oxygens (including phenoxy) is 1. The number of alkyl halides is 1. The van der Waals surface area contributed by atoms with Crippen LogP contribution in [0.2, 0.25) is 5.02 Å². The van der Waals surface area contributed by atoms with E-state index in [0.29, 0.717) is 23.7 Å². The molecule has 1 rings (SSSR count). The van der Waals surface area contributed by atoms with E-state index in [2.05, 4.69) is 21.2 Å². The highest BCUT2D eigenvalue weighted by Gasteiger charge is 2.12. The van der Waals surface area contributed by atoms with Crippen LogP contribution in [0.15, 0.2) is 22.7 Å². The second kappa shape index (κ2) is 7.21. The molecule has 94 valence electrons. The van der Waals surface area contributed by atoms with Gasteiger partial charge < -0.3 is 10.1 Å². The van der Waals surface area contributed by atoms with Gasteiger partial charge in [-0.2, -0.15) is 0 Å². The molecule has 1 N–H and O–H groups in total. The monoisotopic (exact) mass is 339 g/mol. The molecular weight excluding hydrogens is 329 g/mol. The van der Waals surface area contributed by atoms with E-state index in [1.165, 1.54) is 0 Å². The Hall–Kier alpha value is -0.290. The Bertz CT molecular complexity index is 401. The molecular formula is C11H12BrCl2NO2. The number of halogens is 3. The number of methoxy groups -OCH3 is 1. The highest BCUT2D eigenvalue weighted by molar-refractivity contribution is 9.10. The zero-order valence-corrected chi connectivity index (χ0v) is 12.3. The quantitative estimate of drug-likeness (QED) is 0.836. The van der Waals surface area contributed by atoms with Crippen molar-refractivity contribution in [2.75, 3.05) is 20.3 Å². The summed E-state index contributed by atoms with van der Waals surface area (Å²) >= 11 is 15.1. The normalized spacial score (nSPS) is 12.2. The van der Waals surface area contributed by atoms with Crippen LogP contribution in [0.4, 0.5) is 0 Å². The third-order valence-corrected chi connectivity index (χ3v) is 3.11. The summed E-state index contributed by atoms with van der Waals surface area (Å²) in [7, 11) is 1.56. The van der Waals surface area contributed by atoms with Gasteiger partial charge in [0.2, 0.25) is 0 Å². The lowest BCUT2D eigenvalue weighted by atomic mass is 10.2. The number of carbonyl (C=O) groups is 1. The molecule has 0 saturated carbocycles. The summed E-state index contributed by atoms with van der Waals surface area (Å²) in [5.41, 5.74) is 0.419. The first-order valence-corrected chi connectivity index (χ1v) is 6.51. The lowest BCUT2D eigenvalue weighted by Crippen LogP contribution is -2.31. The molecule has 1 amide bonds. The van der Waals surface area contributed by atoms with E-state index in [1.54, 1.807) is 25.3 Å². The van der Waals surface area contributed by atoms with Gasteiger partial charge in [0.25, 0.3) is 5.91 Å². The van der Waals surface area contributed by atoms with Crippen molar-refractivity contribution in [2.24, 2.45) is 0 Å². The third kappa shape index (κ3) is 4.84. The van der Waals surface area contributed by atoms with Crippen molar-refractivity contribution < 1.29 is 9.53 Å². The molecule has 0 saturated heterocycles. The van der Waals surface area contributed by atoms with Crippen LogP contribution in [0.5, 0.6) is 0 Å². The Labute approximate surface area is 119 Å². The van der Waals surface area contributed by atoms with Crippen LogP contribution in [0.1, 0.15) is 10.4 Å². The van der Waals surface area contributed by atoms with Crippen molar-refractivity contribution in [3.05, 3.63) is 33.3 Å². The average Bonchev–Trinajstić information content (AvgIpc) is 2.29. The third-order valence-electron chi connectivity index (χ3n) is 2.00. The summed E-state index contributed by atoms with van der Waals surface area (Å²) in [6.45, 7) is 0.713. The minimum absolute atomic E-state index is 0.252. The number of hydrogen-bond donors (Lipinski definition) is 1. The van der Waals surface area contributed by atoms with Gasteiger partial charge in [-0.3, -0.25) is 4.79 Å². The van der Waals surface area contributed by atoms with Gasteiger partial charge in [0.05, 0.1) is 22.6 Å². The lowest BCUT2D eigenvalue weighted by Gasteiger charge is -2.10. The summed E-state index contributed by atoms with van der Waals surface area (Å²) in [6, 6.07) is 5.10. The van der Waals surface area contributed by atoms with Crippen LogP contribution in [0.3, 0.4) is 0 Å². The van der Waals surface area contributed by atoms with Gasteiger partial charge >= 0.3 is 0 Å². The van der Waals surface area contributed by atoms with Gasteiger partial charge in [0, 0.05) is 18.1 Å². The predicted molar refractivity (Wildman–Crippen MR) is 73.0 cm³/mol. The van der Waals surface area contributed by atoms with E-state index in [1.807, 2.05) is 0 Å². The summed E-state index contributed by atoms with van der Waals surface area (Å²) in [5, 5.41) is 2.85. The number of carbonyl (C=O) groups excluding carboxylic acids is 1.